The molecule has 2 aromatic carbocycles. The Balaban J connectivity index is 1.56. The van der Waals surface area contributed by atoms with Gasteiger partial charge in [-0.25, -0.2) is 4.68 Å². The highest BCUT2D eigenvalue weighted by atomic mass is 16.3. The maximum absolute atomic E-state index is 13.8. The molecule has 1 N–H and O–H groups in total. The van der Waals surface area contributed by atoms with Crippen LogP contribution in [0.15, 0.2) is 76.1 Å². The molecule has 6 rings (SSSR count). The molecule has 0 radical (unpaired) electrons. The average molecular weight is 509 g/mol. The molecule has 3 heterocycles. The Morgan fingerprint density at radius 3 is 2.58 bits per heavy atom. The fourth-order valence-corrected chi connectivity index (χ4v) is 5.74. The third kappa shape index (κ3) is 4.67. The van der Waals surface area contributed by atoms with Crippen LogP contribution in [0.2, 0.25) is 0 Å². The minimum atomic E-state index is -0.482. The molecule has 1 aliphatic carbocycles. The van der Waals surface area contributed by atoms with Crippen molar-refractivity contribution in [2.75, 3.05) is 0 Å². The maximum atomic E-state index is 13.8. The minimum absolute atomic E-state index is 0.130. The second-order valence-corrected chi connectivity index (χ2v) is 10.3. The highest BCUT2D eigenvalue weighted by Crippen LogP contribution is 2.35. The van der Waals surface area contributed by atoms with Crippen LogP contribution in [0.25, 0.3) is 10.9 Å². The summed E-state index contributed by atoms with van der Waals surface area (Å²) in [6.07, 6.45) is 6.07. The first-order valence-electron chi connectivity index (χ1n) is 13.3. The first-order chi connectivity index (χ1) is 18.6. The minimum Gasteiger partial charge on any atom is -0.468 e. The van der Waals surface area contributed by atoms with Crippen LogP contribution in [0, 0.1) is 13.8 Å². The number of hydrogen-bond acceptors (Lipinski definition) is 6. The van der Waals surface area contributed by atoms with E-state index in [2.05, 4.69) is 50.5 Å². The fourth-order valence-electron chi connectivity index (χ4n) is 5.74. The van der Waals surface area contributed by atoms with Gasteiger partial charge in [-0.15, -0.1) is 5.10 Å². The van der Waals surface area contributed by atoms with E-state index in [0.29, 0.717) is 24.5 Å². The summed E-state index contributed by atoms with van der Waals surface area (Å²) in [6, 6.07) is 20.1. The lowest BCUT2D eigenvalue weighted by Gasteiger charge is -2.31. The molecule has 5 aromatic rings. The average Bonchev–Trinajstić information content (AvgIpc) is 3.71. The molecule has 0 unspecified atom stereocenters. The van der Waals surface area contributed by atoms with Gasteiger partial charge >= 0.3 is 0 Å². The van der Waals surface area contributed by atoms with Gasteiger partial charge in [0.05, 0.1) is 24.4 Å². The largest absolute Gasteiger partial charge is 0.468 e. The Bertz CT molecular complexity index is 1580. The van der Waals surface area contributed by atoms with Crippen molar-refractivity contribution < 1.29 is 4.42 Å². The number of nitrogens with one attached hydrogen (secondary N) is 1. The Kier molecular flexibility index (Phi) is 6.64. The zero-order valence-electron chi connectivity index (χ0n) is 21.8. The standard InChI is InChI=1S/C30H32N6O2/c1-20-14-15-21(2)27-25(20)17-26(30(37)31-27)28(29-32-33-34-36(29)23-11-6-7-12-23)35(19-24-13-8-16-38-24)18-22-9-4-3-5-10-22/h3-5,8-10,13-17,23,28H,6-7,11-12,18-19H2,1-2H3,(H,31,37)/t28-/m0/s1. The van der Waals surface area contributed by atoms with Crippen molar-refractivity contribution in [1.29, 1.82) is 0 Å². The first kappa shape index (κ1) is 24.3. The molecular formula is C30H32N6O2. The molecule has 8 heteroatoms. The molecule has 1 aliphatic rings. The Labute approximate surface area is 221 Å². The van der Waals surface area contributed by atoms with E-state index in [0.717, 1.165) is 59.0 Å². The van der Waals surface area contributed by atoms with E-state index in [9.17, 15) is 4.79 Å². The molecule has 0 aliphatic heterocycles. The van der Waals surface area contributed by atoms with Crippen LogP contribution in [0.3, 0.4) is 0 Å². The lowest BCUT2D eigenvalue weighted by Crippen LogP contribution is -2.35. The number of aromatic nitrogens is 5. The number of tetrazole rings is 1. The lowest BCUT2D eigenvalue weighted by atomic mass is 9.98. The number of H-pyrrole nitrogens is 1. The maximum Gasteiger partial charge on any atom is 0.253 e. The predicted molar refractivity (Wildman–Crippen MR) is 146 cm³/mol. The van der Waals surface area contributed by atoms with Crippen molar-refractivity contribution in [2.45, 2.75) is 64.7 Å². The number of pyridine rings is 1. The van der Waals surface area contributed by atoms with Gasteiger partial charge in [-0.2, -0.15) is 0 Å². The van der Waals surface area contributed by atoms with Crippen molar-refractivity contribution in [1.82, 2.24) is 30.1 Å². The molecule has 0 spiro atoms. The van der Waals surface area contributed by atoms with E-state index >= 15 is 0 Å². The number of furan rings is 1. The molecular weight excluding hydrogens is 476 g/mol. The van der Waals surface area contributed by atoms with Crippen molar-refractivity contribution in [3.63, 3.8) is 0 Å². The van der Waals surface area contributed by atoms with Crippen LogP contribution in [0.4, 0.5) is 0 Å². The van der Waals surface area contributed by atoms with Gasteiger partial charge in [0.1, 0.15) is 11.8 Å². The van der Waals surface area contributed by atoms with Gasteiger partial charge < -0.3 is 9.40 Å². The number of fused-ring (bicyclic) bond motifs is 1. The zero-order chi connectivity index (χ0) is 26.1. The van der Waals surface area contributed by atoms with Crippen LogP contribution in [0.5, 0.6) is 0 Å². The number of hydrogen-bond donors (Lipinski definition) is 1. The van der Waals surface area contributed by atoms with Gasteiger partial charge in [0, 0.05) is 17.5 Å². The summed E-state index contributed by atoms with van der Waals surface area (Å²) in [5.41, 5.74) is 4.65. The monoisotopic (exact) mass is 508 g/mol. The SMILES string of the molecule is Cc1ccc(C)c2[nH]c(=O)c([C@@H](c3nnnn3C3CCCC3)N(Cc3ccccc3)Cc3ccco3)cc12. The highest BCUT2D eigenvalue weighted by molar-refractivity contribution is 5.85. The summed E-state index contributed by atoms with van der Waals surface area (Å²) >= 11 is 0. The lowest BCUT2D eigenvalue weighted by molar-refractivity contribution is 0.176. The summed E-state index contributed by atoms with van der Waals surface area (Å²) in [5, 5.41) is 14.2. The molecule has 194 valence electrons. The van der Waals surface area contributed by atoms with Crippen molar-refractivity contribution >= 4 is 10.9 Å². The summed E-state index contributed by atoms with van der Waals surface area (Å²) in [6.45, 7) is 5.18. The molecule has 8 nitrogen and oxygen atoms in total. The topological polar surface area (TPSA) is 92.8 Å². The van der Waals surface area contributed by atoms with Crippen LogP contribution < -0.4 is 5.56 Å². The highest BCUT2D eigenvalue weighted by Gasteiger charge is 2.34. The number of benzene rings is 2. The van der Waals surface area contributed by atoms with Crippen LogP contribution in [0.1, 0.15) is 71.6 Å². The van der Waals surface area contributed by atoms with E-state index in [1.165, 1.54) is 0 Å². The van der Waals surface area contributed by atoms with Crippen molar-refractivity contribution in [2.24, 2.45) is 0 Å². The Hall–Kier alpha value is -4.04. The number of rotatable bonds is 8. The molecule has 1 atom stereocenters. The van der Waals surface area contributed by atoms with Gasteiger partial charge in [-0.05, 0) is 72.0 Å². The molecule has 1 saturated carbocycles. The van der Waals surface area contributed by atoms with Gasteiger partial charge in [0.2, 0.25) is 0 Å². The second kappa shape index (κ2) is 10.4. The van der Waals surface area contributed by atoms with E-state index < -0.39 is 6.04 Å². The van der Waals surface area contributed by atoms with E-state index in [4.69, 9.17) is 4.42 Å². The summed E-state index contributed by atoms with van der Waals surface area (Å²) in [7, 11) is 0. The molecule has 0 bridgehead atoms. The third-order valence-corrected chi connectivity index (χ3v) is 7.73. The molecule has 0 saturated heterocycles. The number of nitrogens with zero attached hydrogens (tertiary/aromatic N) is 5. The smallest absolute Gasteiger partial charge is 0.253 e. The van der Waals surface area contributed by atoms with Gasteiger partial charge in [0.15, 0.2) is 5.82 Å². The second-order valence-electron chi connectivity index (χ2n) is 10.3. The first-order valence-corrected chi connectivity index (χ1v) is 13.3. The normalized spacial score (nSPS) is 15.0. The number of aromatic amines is 1. The third-order valence-electron chi connectivity index (χ3n) is 7.73. The van der Waals surface area contributed by atoms with Crippen LogP contribution in [-0.4, -0.2) is 30.1 Å². The van der Waals surface area contributed by atoms with E-state index in [-0.39, 0.29) is 11.6 Å². The summed E-state index contributed by atoms with van der Waals surface area (Å²) in [4.78, 5) is 19.3. The van der Waals surface area contributed by atoms with E-state index in [1.807, 2.05) is 54.1 Å². The van der Waals surface area contributed by atoms with Crippen LogP contribution in [-0.2, 0) is 13.1 Å². The molecule has 3 aromatic heterocycles. The number of aryl methyl sites for hydroxylation is 2. The van der Waals surface area contributed by atoms with Gasteiger partial charge in [-0.3, -0.25) is 9.69 Å². The van der Waals surface area contributed by atoms with Crippen molar-refractivity contribution in [3.8, 4) is 0 Å². The molecule has 1 fully saturated rings. The van der Waals surface area contributed by atoms with Crippen LogP contribution >= 0.6 is 0 Å². The van der Waals surface area contributed by atoms with Gasteiger partial charge in [-0.1, -0.05) is 55.3 Å². The van der Waals surface area contributed by atoms with Crippen molar-refractivity contribution in [3.05, 3.63) is 111 Å². The molecule has 0 amide bonds. The summed E-state index contributed by atoms with van der Waals surface area (Å²) < 4.78 is 7.75. The fraction of sp³-hybridized carbons (Fsp3) is 0.333. The Morgan fingerprint density at radius 1 is 1.03 bits per heavy atom. The molecule has 38 heavy (non-hydrogen) atoms. The Morgan fingerprint density at radius 2 is 1.82 bits per heavy atom. The zero-order valence-corrected chi connectivity index (χ0v) is 21.8. The van der Waals surface area contributed by atoms with Gasteiger partial charge in [0.25, 0.3) is 5.56 Å². The summed E-state index contributed by atoms with van der Waals surface area (Å²) in [5.74, 6) is 1.50. The van der Waals surface area contributed by atoms with E-state index in [1.54, 1.807) is 6.26 Å². The quantitative estimate of drug-likeness (QED) is 0.292. The predicted octanol–water partition coefficient (Wildman–Crippen LogP) is 5.63.